The van der Waals surface area contributed by atoms with Crippen LogP contribution in [0.1, 0.15) is 17.3 Å². The quantitative estimate of drug-likeness (QED) is 0.813. The monoisotopic (exact) mass is 380 g/mol. The van der Waals surface area contributed by atoms with Crippen molar-refractivity contribution in [3.05, 3.63) is 65.7 Å². The summed E-state index contributed by atoms with van der Waals surface area (Å²) in [5.74, 6) is 0. The molecule has 25 heavy (non-hydrogen) atoms. The molecule has 0 unspecified atom stereocenters. The molecule has 0 saturated carbocycles. The Bertz CT molecular complexity index is 955. The van der Waals surface area contributed by atoms with Crippen LogP contribution in [0.4, 0.5) is 0 Å². The number of sulfonamides is 2. The van der Waals surface area contributed by atoms with E-state index in [4.69, 9.17) is 0 Å². The van der Waals surface area contributed by atoms with Gasteiger partial charge in [0.2, 0.25) is 20.0 Å². The summed E-state index contributed by atoms with van der Waals surface area (Å²) in [6, 6.07) is 15.4. The minimum atomic E-state index is -3.82. The van der Waals surface area contributed by atoms with Crippen molar-refractivity contribution in [3.8, 4) is 0 Å². The number of rotatable bonds is 4. The van der Waals surface area contributed by atoms with Crippen molar-refractivity contribution in [3.63, 3.8) is 0 Å². The summed E-state index contributed by atoms with van der Waals surface area (Å²) >= 11 is 0. The first kappa shape index (κ1) is 18.1. The van der Waals surface area contributed by atoms with Crippen LogP contribution in [0.15, 0.2) is 59.5 Å². The average molecular weight is 380 g/mol. The summed E-state index contributed by atoms with van der Waals surface area (Å²) in [7, 11) is -7.37. The van der Waals surface area contributed by atoms with Gasteiger partial charge in [-0.3, -0.25) is 0 Å². The highest BCUT2D eigenvalue weighted by Gasteiger charge is 2.44. The van der Waals surface area contributed by atoms with Crippen LogP contribution in [0.5, 0.6) is 0 Å². The summed E-state index contributed by atoms with van der Waals surface area (Å²) in [6.07, 6.45) is 0.229. The lowest BCUT2D eigenvalue weighted by atomic mass is 10.2. The fourth-order valence-corrected chi connectivity index (χ4v) is 5.63. The zero-order valence-electron chi connectivity index (χ0n) is 14.0. The summed E-state index contributed by atoms with van der Waals surface area (Å²) in [5.41, 5.74) is 1.58. The molecule has 8 heteroatoms. The number of nitrogens with zero attached hydrogens (tertiary/aromatic N) is 2. The van der Waals surface area contributed by atoms with Crippen LogP contribution in [-0.2, 0) is 20.0 Å². The Balaban J connectivity index is 2.09. The normalized spacial score (nSPS) is 20.0. The second-order valence-corrected chi connectivity index (χ2v) is 9.91. The van der Waals surface area contributed by atoms with Crippen molar-refractivity contribution >= 4 is 20.0 Å². The molecule has 0 amide bonds. The van der Waals surface area contributed by atoms with Gasteiger partial charge in [-0.25, -0.2) is 16.8 Å². The van der Waals surface area contributed by atoms with Gasteiger partial charge in [0.15, 0.2) is 0 Å². The van der Waals surface area contributed by atoms with Crippen LogP contribution in [0.25, 0.3) is 0 Å². The minimum absolute atomic E-state index is 0.114. The molecule has 0 spiro atoms. The first-order valence-corrected chi connectivity index (χ1v) is 11.1. The van der Waals surface area contributed by atoms with Crippen LogP contribution in [-0.4, -0.2) is 44.8 Å². The highest BCUT2D eigenvalue weighted by molar-refractivity contribution is 7.89. The molecular formula is C17H20N2O4S2. The van der Waals surface area contributed by atoms with Crippen molar-refractivity contribution in [2.24, 2.45) is 0 Å². The van der Waals surface area contributed by atoms with E-state index in [0.717, 1.165) is 11.8 Å². The lowest BCUT2D eigenvalue weighted by Gasteiger charge is -2.28. The fourth-order valence-electron chi connectivity index (χ4n) is 2.99. The smallest absolute Gasteiger partial charge is 0.212 e. The van der Waals surface area contributed by atoms with E-state index in [1.165, 1.54) is 8.61 Å². The van der Waals surface area contributed by atoms with Crippen molar-refractivity contribution in [2.75, 3.05) is 19.3 Å². The van der Waals surface area contributed by atoms with Gasteiger partial charge < -0.3 is 0 Å². The van der Waals surface area contributed by atoms with Crippen LogP contribution in [0.2, 0.25) is 0 Å². The lowest BCUT2D eigenvalue weighted by Crippen LogP contribution is -2.37. The summed E-state index contributed by atoms with van der Waals surface area (Å²) in [4.78, 5) is 0.161. The maximum atomic E-state index is 13.1. The summed E-state index contributed by atoms with van der Waals surface area (Å²) in [5, 5.41) is 0. The van der Waals surface area contributed by atoms with E-state index in [1.54, 1.807) is 48.5 Å². The molecule has 0 bridgehead atoms. The standard InChI is InChI=1S/C17H20N2O4S2/c1-14-8-10-16(11-9-14)25(22,23)19-13-12-18(24(2,20)21)17(19)15-6-4-3-5-7-15/h3-11,17H,12-13H2,1-2H3/t17-/m0/s1. The van der Waals surface area contributed by atoms with Gasteiger partial charge in [-0.05, 0) is 24.6 Å². The average Bonchev–Trinajstić information content (AvgIpc) is 3.02. The van der Waals surface area contributed by atoms with E-state index in [2.05, 4.69) is 0 Å². The molecule has 1 heterocycles. The second-order valence-electron chi connectivity index (χ2n) is 6.09. The molecule has 3 rings (SSSR count). The predicted octanol–water partition coefficient (Wildman–Crippen LogP) is 1.96. The molecule has 1 aliphatic rings. The molecule has 0 N–H and O–H groups in total. The van der Waals surface area contributed by atoms with Crippen molar-refractivity contribution in [1.82, 2.24) is 8.61 Å². The van der Waals surface area contributed by atoms with Gasteiger partial charge in [-0.2, -0.15) is 8.61 Å². The maximum absolute atomic E-state index is 13.1. The van der Waals surface area contributed by atoms with Gasteiger partial charge in [0.05, 0.1) is 11.2 Å². The molecule has 2 aromatic carbocycles. The van der Waals surface area contributed by atoms with Gasteiger partial charge in [0, 0.05) is 13.1 Å². The fraction of sp³-hybridized carbons (Fsp3) is 0.294. The Kier molecular flexibility index (Phi) is 4.72. The Morgan fingerprint density at radius 3 is 1.96 bits per heavy atom. The topological polar surface area (TPSA) is 74.8 Å². The van der Waals surface area contributed by atoms with Gasteiger partial charge in [0.25, 0.3) is 0 Å². The van der Waals surface area contributed by atoms with Crippen LogP contribution >= 0.6 is 0 Å². The number of hydrogen-bond acceptors (Lipinski definition) is 4. The Labute approximate surface area is 148 Å². The van der Waals surface area contributed by atoms with E-state index < -0.39 is 26.2 Å². The van der Waals surface area contributed by atoms with Gasteiger partial charge in [-0.15, -0.1) is 0 Å². The summed E-state index contributed by atoms with van der Waals surface area (Å²) in [6.45, 7) is 2.12. The van der Waals surface area contributed by atoms with Crippen LogP contribution in [0.3, 0.4) is 0 Å². The van der Waals surface area contributed by atoms with Crippen LogP contribution in [0, 0.1) is 6.92 Å². The largest absolute Gasteiger partial charge is 0.244 e. The molecule has 0 aromatic heterocycles. The van der Waals surface area contributed by atoms with Crippen LogP contribution < -0.4 is 0 Å². The summed E-state index contributed by atoms with van der Waals surface area (Å²) < 4.78 is 53.1. The Morgan fingerprint density at radius 2 is 1.40 bits per heavy atom. The SMILES string of the molecule is Cc1ccc(S(=O)(=O)N2CCN(S(C)(=O)=O)[C@@H]2c2ccccc2)cc1. The zero-order valence-corrected chi connectivity index (χ0v) is 15.7. The third-order valence-electron chi connectivity index (χ3n) is 4.24. The first-order chi connectivity index (χ1) is 11.7. The van der Waals surface area contributed by atoms with Gasteiger partial charge >= 0.3 is 0 Å². The van der Waals surface area contributed by atoms with Gasteiger partial charge in [-0.1, -0.05) is 48.0 Å². The molecule has 1 aliphatic heterocycles. The molecule has 6 nitrogen and oxygen atoms in total. The Hall–Kier alpha value is -1.74. The number of benzene rings is 2. The van der Waals surface area contributed by atoms with Crippen molar-refractivity contribution in [1.29, 1.82) is 0 Å². The highest BCUT2D eigenvalue weighted by Crippen LogP contribution is 2.36. The van der Waals surface area contributed by atoms with Crippen molar-refractivity contribution < 1.29 is 16.8 Å². The Morgan fingerprint density at radius 1 is 0.840 bits per heavy atom. The molecule has 134 valence electrons. The third kappa shape index (κ3) is 3.48. The number of hydrogen-bond donors (Lipinski definition) is 0. The highest BCUT2D eigenvalue weighted by atomic mass is 32.2. The van der Waals surface area contributed by atoms with E-state index in [9.17, 15) is 16.8 Å². The van der Waals surface area contributed by atoms with E-state index in [-0.39, 0.29) is 18.0 Å². The molecule has 0 radical (unpaired) electrons. The molecule has 1 fully saturated rings. The van der Waals surface area contributed by atoms with E-state index in [1.807, 2.05) is 13.0 Å². The third-order valence-corrected chi connectivity index (χ3v) is 7.34. The molecule has 2 aromatic rings. The van der Waals surface area contributed by atoms with E-state index >= 15 is 0 Å². The van der Waals surface area contributed by atoms with Crippen molar-refractivity contribution in [2.45, 2.75) is 18.0 Å². The first-order valence-electron chi connectivity index (χ1n) is 7.81. The second kappa shape index (κ2) is 6.53. The maximum Gasteiger partial charge on any atom is 0.244 e. The minimum Gasteiger partial charge on any atom is -0.212 e. The van der Waals surface area contributed by atoms with Gasteiger partial charge in [0.1, 0.15) is 6.17 Å². The predicted molar refractivity (Wildman–Crippen MR) is 95.8 cm³/mol. The number of aryl methyl sites for hydroxylation is 1. The van der Waals surface area contributed by atoms with E-state index in [0.29, 0.717) is 5.56 Å². The molecule has 1 saturated heterocycles. The molecule has 0 aliphatic carbocycles. The molecular weight excluding hydrogens is 360 g/mol. The lowest BCUT2D eigenvalue weighted by molar-refractivity contribution is 0.293. The zero-order chi connectivity index (χ0) is 18.2. The molecule has 1 atom stereocenters.